The molecule has 1 aromatic heterocycles. The van der Waals surface area contributed by atoms with Gasteiger partial charge in [0.1, 0.15) is 6.10 Å². The number of carbonyl (C=O) groups is 1. The fourth-order valence-electron chi connectivity index (χ4n) is 2.08. The lowest BCUT2D eigenvalue weighted by Crippen LogP contribution is -2.21. The lowest BCUT2D eigenvalue weighted by Gasteiger charge is -2.21. The Morgan fingerprint density at radius 2 is 2.19 bits per heavy atom. The molecule has 86 valence electrons. The van der Waals surface area contributed by atoms with Crippen LogP contribution in [0.5, 0.6) is 0 Å². The standard InChI is InChI=1S/C13H17NO2/c15-13(9-11-5-4-8-14-10-11)16-12-6-2-1-3-7-12/h4-5,8,10,12H,1-3,6-7,9H2. The van der Waals surface area contributed by atoms with Gasteiger partial charge < -0.3 is 4.74 Å². The molecular formula is C13H17NO2. The van der Waals surface area contributed by atoms with Crippen LogP contribution in [0.2, 0.25) is 0 Å². The summed E-state index contributed by atoms with van der Waals surface area (Å²) in [4.78, 5) is 15.6. The molecule has 0 aliphatic heterocycles. The molecule has 3 heteroatoms. The molecule has 16 heavy (non-hydrogen) atoms. The minimum atomic E-state index is -0.125. The second kappa shape index (κ2) is 5.64. The number of esters is 1. The molecule has 0 bridgehead atoms. The van der Waals surface area contributed by atoms with Gasteiger partial charge in [-0.05, 0) is 37.3 Å². The van der Waals surface area contributed by atoms with Crippen LogP contribution in [0.3, 0.4) is 0 Å². The summed E-state index contributed by atoms with van der Waals surface area (Å²) in [6.07, 6.45) is 9.60. The summed E-state index contributed by atoms with van der Waals surface area (Å²) in [6, 6.07) is 3.73. The summed E-state index contributed by atoms with van der Waals surface area (Å²) < 4.78 is 5.43. The van der Waals surface area contributed by atoms with E-state index in [1.807, 2.05) is 12.1 Å². The molecule has 1 saturated carbocycles. The van der Waals surface area contributed by atoms with Crippen molar-refractivity contribution in [2.24, 2.45) is 0 Å². The van der Waals surface area contributed by atoms with Gasteiger partial charge in [-0.15, -0.1) is 0 Å². The molecular weight excluding hydrogens is 202 g/mol. The van der Waals surface area contributed by atoms with Crippen molar-refractivity contribution < 1.29 is 9.53 Å². The van der Waals surface area contributed by atoms with Crippen molar-refractivity contribution in [3.63, 3.8) is 0 Å². The fraction of sp³-hybridized carbons (Fsp3) is 0.538. The van der Waals surface area contributed by atoms with Crippen LogP contribution in [0.15, 0.2) is 24.5 Å². The van der Waals surface area contributed by atoms with E-state index in [1.54, 1.807) is 12.4 Å². The number of pyridine rings is 1. The molecule has 1 aliphatic carbocycles. The highest BCUT2D eigenvalue weighted by molar-refractivity contribution is 5.72. The first-order chi connectivity index (χ1) is 7.84. The highest BCUT2D eigenvalue weighted by Crippen LogP contribution is 2.20. The second-order valence-electron chi connectivity index (χ2n) is 4.29. The van der Waals surface area contributed by atoms with Crippen LogP contribution in [0.4, 0.5) is 0 Å². The van der Waals surface area contributed by atoms with E-state index in [-0.39, 0.29) is 12.1 Å². The molecule has 0 N–H and O–H groups in total. The number of rotatable bonds is 3. The molecule has 1 heterocycles. The van der Waals surface area contributed by atoms with Crippen LogP contribution in [-0.2, 0) is 16.0 Å². The molecule has 0 aromatic carbocycles. The molecule has 1 fully saturated rings. The third kappa shape index (κ3) is 3.33. The third-order valence-corrected chi connectivity index (χ3v) is 2.92. The highest BCUT2D eigenvalue weighted by Gasteiger charge is 2.17. The Bertz CT molecular complexity index is 331. The zero-order chi connectivity index (χ0) is 11.2. The summed E-state index contributed by atoms with van der Waals surface area (Å²) in [5, 5.41) is 0. The van der Waals surface area contributed by atoms with E-state index in [1.165, 1.54) is 19.3 Å². The zero-order valence-corrected chi connectivity index (χ0v) is 9.39. The Balaban J connectivity index is 1.80. The second-order valence-corrected chi connectivity index (χ2v) is 4.29. The number of hydrogen-bond acceptors (Lipinski definition) is 3. The SMILES string of the molecule is O=C(Cc1cccnc1)OC1CCCCC1. The predicted octanol–water partition coefficient (Wildman–Crippen LogP) is 2.50. The van der Waals surface area contributed by atoms with Gasteiger partial charge >= 0.3 is 5.97 Å². The number of nitrogens with zero attached hydrogens (tertiary/aromatic N) is 1. The third-order valence-electron chi connectivity index (χ3n) is 2.92. The van der Waals surface area contributed by atoms with Crippen molar-refractivity contribution in [2.75, 3.05) is 0 Å². The smallest absolute Gasteiger partial charge is 0.310 e. The Labute approximate surface area is 95.8 Å². The molecule has 1 aromatic rings. The van der Waals surface area contributed by atoms with E-state index >= 15 is 0 Å². The molecule has 1 aliphatic rings. The highest BCUT2D eigenvalue weighted by atomic mass is 16.5. The van der Waals surface area contributed by atoms with E-state index in [4.69, 9.17) is 4.74 Å². The number of aromatic nitrogens is 1. The van der Waals surface area contributed by atoms with Crippen LogP contribution < -0.4 is 0 Å². The summed E-state index contributed by atoms with van der Waals surface area (Å²) >= 11 is 0. The number of carbonyl (C=O) groups excluding carboxylic acids is 1. The maximum absolute atomic E-state index is 11.6. The molecule has 2 rings (SSSR count). The van der Waals surface area contributed by atoms with Crippen LogP contribution in [-0.4, -0.2) is 17.1 Å². The molecule has 0 radical (unpaired) electrons. The van der Waals surface area contributed by atoms with E-state index in [9.17, 15) is 4.79 Å². The topological polar surface area (TPSA) is 39.2 Å². The zero-order valence-electron chi connectivity index (χ0n) is 9.39. The van der Waals surface area contributed by atoms with Gasteiger partial charge in [0, 0.05) is 12.4 Å². The lowest BCUT2D eigenvalue weighted by molar-refractivity contribution is -0.149. The van der Waals surface area contributed by atoms with Gasteiger partial charge in [-0.3, -0.25) is 9.78 Å². The first kappa shape index (κ1) is 11.1. The molecule has 0 amide bonds. The molecule has 0 saturated heterocycles. The van der Waals surface area contributed by atoms with Gasteiger partial charge in [-0.1, -0.05) is 12.5 Å². The Morgan fingerprint density at radius 3 is 2.88 bits per heavy atom. The van der Waals surface area contributed by atoms with Crippen molar-refractivity contribution in [2.45, 2.75) is 44.6 Å². The average molecular weight is 219 g/mol. The monoisotopic (exact) mass is 219 g/mol. The first-order valence-corrected chi connectivity index (χ1v) is 5.93. The van der Waals surface area contributed by atoms with Gasteiger partial charge in [-0.25, -0.2) is 0 Å². The summed E-state index contributed by atoms with van der Waals surface area (Å²) in [6.45, 7) is 0. The van der Waals surface area contributed by atoms with Gasteiger partial charge in [0.15, 0.2) is 0 Å². The average Bonchev–Trinajstić information content (AvgIpc) is 2.31. The van der Waals surface area contributed by atoms with E-state index in [0.717, 1.165) is 18.4 Å². The molecule has 0 spiro atoms. The largest absolute Gasteiger partial charge is 0.462 e. The van der Waals surface area contributed by atoms with E-state index < -0.39 is 0 Å². The molecule has 3 nitrogen and oxygen atoms in total. The van der Waals surface area contributed by atoms with Crippen LogP contribution in [0.1, 0.15) is 37.7 Å². The van der Waals surface area contributed by atoms with Gasteiger partial charge in [0.05, 0.1) is 6.42 Å². The fourth-order valence-corrected chi connectivity index (χ4v) is 2.08. The quantitative estimate of drug-likeness (QED) is 0.733. The van der Waals surface area contributed by atoms with Crippen LogP contribution in [0, 0.1) is 0 Å². The van der Waals surface area contributed by atoms with Crippen LogP contribution >= 0.6 is 0 Å². The normalized spacial score (nSPS) is 17.0. The van der Waals surface area contributed by atoms with E-state index in [2.05, 4.69) is 4.98 Å². The van der Waals surface area contributed by atoms with E-state index in [0.29, 0.717) is 6.42 Å². The summed E-state index contributed by atoms with van der Waals surface area (Å²) in [7, 11) is 0. The maximum Gasteiger partial charge on any atom is 0.310 e. The summed E-state index contributed by atoms with van der Waals surface area (Å²) in [5.74, 6) is -0.125. The minimum Gasteiger partial charge on any atom is -0.462 e. The van der Waals surface area contributed by atoms with Gasteiger partial charge in [0.25, 0.3) is 0 Å². The van der Waals surface area contributed by atoms with Crippen molar-refractivity contribution in [1.82, 2.24) is 4.98 Å². The maximum atomic E-state index is 11.6. The number of ether oxygens (including phenoxy) is 1. The lowest BCUT2D eigenvalue weighted by atomic mass is 9.98. The van der Waals surface area contributed by atoms with Crippen molar-refractivity contribution >= 4 is 5.97 Å². The number of hydrogen-bond donors (Lipinski definition) is 0. The van der Waals surface area contributed by atoms with Crippen molar-refractivity contribution in [3.05, 3.63) is 30.1 Å². The predicted molar refractivity (Wildman–Crippen MR) is 60.9 cm³/mol. The van der Waals surface area contributed by atoms with Gasteiger partial charge in [-0.2, -0.15) is 0 Å². The van der Waals surface area contributed by atoms with Crippen LogP contribution in [0.25, 0.3) is 0 Å². The molecule has 0 unspecified atom stereocenters. The van der Waals surface area contributed by atoms with Crippen molar-refractivity contribution in [1.29, 1.82) is 0 Å². The van der Waals surface area contributed by atoms with Gasteiger partial charge in [0.2, 0.25) is 0 Å². The Hall–Kier alpha value is -1.38. The first-order valence-electron chi connectivity index (χ1n) is 5.93. The molecule has 0 atom stereocenters. The van der Waals surface area contributed by atoms with Crippen molar-refractivity contribution in [3.8, 4) is 0 Å². The minimum absolute atomic E-state index is 0.125. The summed E-state index contributed by atoms with van der Waals surface area (Å²) in [5.41, 5.74) is 0.920. The Kier molecular flexibility index (Phi) is 3.91. The Morgan fingerprint density at radius 1 is 1.38 bits per heavy atom.